The van der Waals surface area contributed by atoms with Crippen LogP contribution in [0.25, 0.3) is 0 Å². The van der Waals surface area contributed by atoms with Crippen LogP contribution in [-0.4, -0.2) is 59.1 Å². The van der Waals surface area contributed by atoms with E-state index < -0.39 is 16.9 Å². The van der Waals surface area contributed by atoms with Crippen molar-refractivity contribution in [1.82, 2.24) is 20.9 Å². The Balaban J connectivity index is 1.34. The maximum atomic E-state index is 13.4. The number of urea groups is 1. The van der Waals surface area contributed by atoms with E-state index in [1.165, 1.54) is 0 Å². The molecule has 3 aliphatic rings. The predicted molar refractivity (Wildman–Crippen MR) is 138 cm³/mol. The summed E-state index contributed by atoms with van der Waals surface area (Å²) in [5.74, 6) is -0.651. The highest BCUT2D eigenvalue weighted by Gasteiger charge is 2.50. The Morgan fingerprint density at radius 3 is 2.50 bits per heavy atom. The first-order chi connectivity index (χ1) is 16.9. The molecule has 8 nitrogen and oxygen atoms in total. The molecule has 4 amide bonds. The molecule has 4 rings (SSSR count). The Morgan fingerprint density at radius 2 is 1.86 bits per heavy atom. The lowest BCUT2D eigenvalue weighted by atomic mass is 9.66. The fraction of sp³-hybridized carbons (Fsp3) is 0.667. The number of halogens is 1. The summed E-state index contributed by atoms with van der Waals surface area (Å²) in [6.45, 7) is 9.15. The van der Waals surface area contributed by atoms with E-state index >= 15 is 0 Å². The van der Waals surface area contributed by atoms with E-state index in [1.54, 1.807) is 12.1 Å². The summed E-state index contributed by atoms with van der Waals surface area (Å²) in [6, 6.07) is 6.76. The highest BCUT2D eigenvalue weighted by molar-refractivity contribution is 6.30. The smallest absolute Gasteiger partial charge is 0.315 e. The summed E-state index contributed by atoms with van der Waals surface area (Å²) in [5, 5.41) is 21.1. The molecular formula is C27H39ClN4O4. The number of nitrogens with one attached hydrogen (secondary N) is 3. The van der Waals surface area contributed by atoms with Crippen LogP contribution in [0.15, 0.2) is 24.3 Å². The van der Waals surface area contributed by atoms with Crippen molar-refractivity contribution in [2.45, 2.75) is 77.0 Å². The topological polar surface area (TPSA) is 111 Å². The van der Waals surface area contributed by atoms with Gasteiger partial charge in [-0.15, -0.1) is 0 Å². The number of piperidine rings is 1. The summed E-state index contributed by atoms with van der Waals surface area (Å²) in [4.78, 5) is 40.1. The van der Waals surface area contributed by atoms with Crippen LogP contribution in [0.3, 0.4) is 0 Å². The van der Waals surface area contributed by atoms with Crippen molar-refractivity contribution in [3.8, 4) is 0 Å². The van der Waals surface area contributed by atoms with Gasteiger partial charge in [-0.3, -0.25) is 9.59 Å². The number of aliphatic hydroxyl groups is 1. The molecule has 1 saturated carbocycles. The van der Waals surface area contributed by atoms with E-state index in [-0.39, 0.29) is 35.3 Å². The Bertz CT molecular complexity index is 1020. The number of likely N-dealkylation sites (tertiary alicyclic amines) is 1. The summed E-state index contributed by atoms with van der Waals surface area (Å²) >= 11 is 6.03. The van der Waals surface area contributed by atoms with Crippen molar-refractivity contribution in [3.05, 3.63) is 34.9 Å². The van der Waals surface area contributed by atoms with Gasteiger partial charge in [0.25, 0.3) is 0 Å². The van der Waals surface area contributed by atoms with Crippen LogP contribution in [0.1, 0.15) is 65.4 Å². The molecule has 2 saturated heterocycles. The van der Waals surface area contributed by atoms with Gasteiger partial charge >= 0.3 is 6.03 Å². The number of nitrogens with zero attached hydrogens (tertiary/aromatic N) is 1. The number of hydrogen-bond acceptors (Lipinski definition) is 4. The van der Waals surface area contributed by atoms with E-state index in [1.807, 2.05) is 44.7 Å². The number of amides is 4. The van der Waals surface area contributed by atoms with Crippen molar-refractivity contribution in [2.24, 2.45) is 17.3 Å². The third-order valence-electron chi connectivity index (χ3n) is 8.84. The van der Waals surface area contributed by atoms with Crippen molar-refractivity contribution in [1.29, 1.82) is 0 Å². The molecule has 1 aliphatic carbocycles. The quantitative estimate of drug-likeness (QED) is 0.479. The van der Waals surface area contributed by atoms with Crippen molar-refractivity contribution < 1.29 is 19.5 Å². The minimum absolute atomic E-state index is 0.0254. The van der Waals surface area contributed by atoms with Crippen LogP contribution in [0.5, 0.6) is 0 Å². The highest BCUT2D eigenvalue weighted by atomic mass is 35.5. The zero-order chi connectivity index (χ0) is 26.3. The average molecular weight is 519 g/mol. The molecule has 2 unspecified atom stereocenters. The minimum Gasteiger partial charge on any atom is -0.384 e. The fourth-order valence-corrected chi connectivity index (χ4v) is 6.32. The number of carbonyl (C=O) groups is 3. The van der Waals surface area contributed by atoms with Crippen LogP contribution in [0.4, 0.5) is 4.79 Å². The van der Waals surface area contributed by atoms with Crippen LogP contribution in [-0.2, 0) is 15.2 Å². The SMILES string of the molecule is CC(NC(=O)[C@@H]1CCC2(CCNC(=O)N2)C1)[C@@H](C)C(=O)N1CC[C@](O)(c2ccc(Cl)cc2)C(C)(C)C1. The number of carbonyl (C=O) groups excluding carboxylic acids is 3. The van der Waals surface area contributed by atoms with Gasteiger partial charge in [0.15, 0.2) is 0 Å². The number of rotatable bonds is 5. The van der Waals surface area contributed by atoms with E-state index in [9.17, 15) is 19.5 Å². The van der Waals surface area contributed by atoms with Crippen LogP contribution < -0.4 is 16.0 Å². The first-order valence-electron chi connectivity index (χ1n) is 13.0. The molecule has 2 heterocycles. The number of benzene rings is 1. The largest absolute Gasteiger partial charge is 0.384 e. The van der Waals surface area contributed by atoms with Gasteiger partial charge in [0, 0.05) is 47.6 Å². The summed E-state index contributed by atoms with van der Waals surface area (Å²) in [7, 11) is 0. The Labute approximate surface area is 218 Å². The molecule has 1 aromatic carbocycles. The molecule has 2 aliphatic heterocycles. The standard InChI is InChI=1S/C27H39ClN4O4/c1-17(18(2)30-22(33)19-9-10-26(15-19)11-13-29-24(35)31-26)23(34)32-14-12-27(36,25(3,4)16-32)20-5-7-21(28)8-6-20/h5-8,17-19,36H,9-16H2,1-4H3,(H,30,33)(H2,29,31,35)/t17-,18?,19-,26?,27+/m1/s1. The zero-order valence-corrected chi connectivity index (χ0v) is 22.5. The average Bonchev–Trinajstić information content (AvgIpc) is 3.23. The monoisotopic (exact) mass is 518 g/mol. The molecule has 0 aromatic heterocycles. The fourth-order valence-electron chi connectivity index (χ4n) is 6.19. The molecule has 5 atom stereocenters. The summed E-state index contributed by atoms with van der Waals surface area (Å²) in [6.07, 6.45) is 3.39. The molecule has 0 radical (unpaired) electrons. The van der Waals surface area contributed by atoms with E-state index in [4.69, 9.17) is 11.6 Å². The summed E-state index contributed by atoms with van der Waals surface area (Å²) < 4.78 is 0. The molecule has 3 fully saturated rings. The van der Waals surface area contributed by atoms with Crippen molar-refractivity contribution in [2.75, 3.05) is 19.6 Å². The molecule has 1 aromatic rings. The normalized spacial score (nSPS) is 31.3. The second kappa shape index (κ2) is 9.86. The summed E-state index contributed by atoms with van der Waals surface area (Å²) in [5.41, 5.74) is -1.13. The van der Waals surface area contributed by atoms with Gasteiger partial charge in [0.05, 0.1) is 11.5 Å². The second-order valence-electron chi connectivity index (χ2n) is 11.7. The molecule has 36 heavy (non-hydrogen) atoms. The van der Waals surface area contributed by atoms with Crippen LogP contribution in [0.2, 0.25) is 5.02 Å². The van der Waals surface area contributed by atoms with Gasteiger partial charge < -0.3 is 26.0 Å². The van der Waals surface area contributed by atoms with E-state index in [2.05, 4.69) is 16.0 Å². The first kappa shape index (κ1) is 26.7. The Hall–Kier alpha value is -2.32. The van der Waals surface area contributed by atoms with Gasteiger partial charge in [-0.2, -0.15) is 0 Å². The predicted octanol–water partition coefficient (Wildman–Crippen LogP) is 3.17. The van der Waals surface area contributed by atoms with E-state index in [0.29, 0.717) is 37.5 Å². The Morgan fingerprint density at radius 1 is 1.17 bits per heavy atom. The van der Waals surface area contributed by atoms with Gasteiger partial charge in [-0.05, 0) is 56.7 Å². The van der Waals surface area contributed by atoms with E-state index in [0.717, 1.165) is 24.8 Å². The number of hydrogen-bond donors (Lipinski definition) is 4. The van der Waals surface area contributed by atoms with Crippen molar-refractivity contribution >= 4 is 29.4 Å². The van der Waals surface area contributed by atoms with Crippen LogP contribution >= 0.6 is 11.6 Å². The lowest BCUT2D eigenvalue weighted by Gasteiger charge is -2.51. The van der Waals surface area contributed by atoms with Gasteiger partial charge in [0.1, 0.15) is 0 Å². The molecule has 0 bridgehead atoms. The zero-order valence-electron chi connectivity index (χ0n) is 21.7. The minimum atomic E-state index is -1.07. The lowest BCUT2D eigenvalue weighted by molar-refractivity contribution is -0.156. The van der Waals surface area contributed by atoms with Gasteiger partial charge in [-0.1, -0.05) is 44.5 Å². The lowest BCUT2D eigenvalue weighted by Crippen LogP contribution is -2.58. The molecule has 198 valence electrons. The van der Waals surface area contributed by atoms with Crippen molar-refractivity contribution in [3.63, 3.8) is 0 Å². The third kappa shape index (κ3) is 5.07. The first-order valence-corrected chi connectivity index (χ1v) is 13.4. The van der Waals surface area contributed by atoms with Gasteiger partial charge in [0.2, 0.25) is 11.8 Å². The molecule has 9 heteroatoms. The third-order valence-corrected chi connectivity index (χ3v) is 9.09. The maximum Gasteiger partial charge on any atom is 0.315 e. The molecule has 1 spiro atoms. The molecule has 4 N–H and O–H groups in total. The second-order valence-corrected chi connectivity index (χ2v) is 12.1. The molecular weight excluding hydrogens is 480 g/mol. The van der Waals surface area contributed by atoms with Gasteiger partial charge in [-0.25, -0.2) is 4.79 Å². The van der Waals surface area contributed by atoms with Crippen LogP contribution in [0, 0.1) is 17.3 Å². The Kier molecular flexibility index (Phi) is 7.32. The maximum absolute atomic E-state index is 13.4. The highest BCUT2D eigenvalue weighted by Crippen LogP contribution is 2.46.